The van der Waals surface area contributed by atoms with Gasteiger partial charge in [0.15, 0.2) is 0 Å². The van der Waals surface area contributed by atoms with Crippen LogP contribution in [-0.4, -0.2) is 25.8 Å². The van der Waals surface area contributed by atoms with Gasteiger partial charge in [-0.25, -0.2) is 4.79 Å². The van der Waals surface area contributed by atoms with Crippen LogP contribution in [0.1, 0.15) is 6.42 Å². The van der Waals surface area contributed by atoms with Gasteiger partial charge in [-0.05, 0) is 4.08 Å². The molecule has 1 aliphatic rings. The zero-order valence-electron chi connectivity index (χ0n) is 6.17. The van der Waals surface area contributed by atoms with Gasteiger partial charge < -0.3 is 9.47 Å². The Labute approximate surface area is 78.9 Å². The molecule has 0 bridgehead atoms. The van der Waals surface area contributed by atoms with E-state index in [0.29, 0.717) is 13.0 Å². The van der Waals surface area contributed by atoms with Crippen LogP contribution in [0.15, 0.2) is 9.66 Å². The van der Waals surface area contributed by atoms with Crippen molar-refractivity contribution in [2.45, 2.75) is 12.5 Å². The van der Waals surface area contributed by atoms with Gasteiger partial charge in [0.1, 0.15) is 6.10 Å². The number of carbonyl (C=O) groups excluding carboxylic acids is 1. The summed E-state index contributed by atoms with van der Waals surface area (Å²) in [6, 6.07) is 0. The highest BCUT2D eigenvalue weighted by Gasteiger charge is 2.27. The van der Waals surface area contributed by atoms with Gasteiger partial charge in [0.25, 0.3) is 0 Å². The molecule has 0 amide bonds. The molecule has 1 heterocycles. The monoisotopic (exact) mass is 268 g/mol. The summed E-state index contributed by atoms with van der Waals surface area (Å²) >= 11 is 2.04. The van der Waals surface area contributed by atoms with E-state index >= 15 is 0 Å². The Bertz CT molecular complexity index is 188. The van der Waals surface area contributed by atoms with Gasteiger partial charge in [0.05, 0.1) is 6.61 Å². The third-order valence-electron chi connectivity index (χ3n) is 1.47. The Balaban J connectivity index is 2.50. The number of methoxy groups -OCH3 is 1. The first-order valence-corrected chi connectivity index (χ1v) is 4.51. The van der Waals surface area contributed by atoms with Crippen molar-refractivity contribution in [2.24, 2.45) is 0 Å². The SMILES string of the molecule is COCC1C/C(=C/I)C(=O)O1. The Morgan fingerprint density at radius 3 is 3.09 bits per heavy atom. The van der Waals surface area contributed by atoms with Gasteiger partial charge in [0.2, 0.25) is 0 Å². The Morgan fingerprint density at radius 1 is 1.91 bits per heavy atom. The first kappa shape index (κ1) is 8.99. The van der Waals surface area contributed by atoms with Crippen LogP contribution >= 0.6 is 22.6 Å². The van der Waals surface area contributed by atoms with Gasteiger partial charge >= 0.3 is 5.97 Å². The Morgan fingerprint density at radius 2 is 2.64 bits per heavy atom. The van der Waals surface area contributed by atoms with Gasteiger partial charge in [0, 0.05) is 19.1 Å². The van der Waals surface area contributed by atoms with Crippen LogP contribution < -0.4 is 0 Å². The molecule has 4 heteroatoms. The predicted molar refractivity (Wildman–Crippen MR) is 48.5 cm³/mol. The second-order valence-electron chi connectivity index (χ2n) is 2.32. The van der Waals surface area contributed by atoms with Crippen LogP contribution in [0, 0.1) is 0 Å². The summed E-state index contributed by atoms with van der Waals surface area (Å²) < 4.78 is 11.6. The lowest BCUT2D eigenvalue weighted by molar-refractivity contribution is -0.140. The summed E-state index contributed by atoms with van der Waals surface area (Å²) in [4.78, 5) is 10.9. The van der Waals surface area contributed by atoms with Crippen LogP contribution in [0.25, 0.3) is 0 Å². The average molecular weight is 268 g/mol. The maximum atomic E-state index is 10.9. The molecule has 0 saturated carbocycles. The van der Waals surface area contributed by atoms with Crippen LogP contribution in [-0.2, 0) is 14.3 Å². The summed E-state index contributed by atoms with van der Waals surface area (Å²) in [7, 11) is 1.60. The zero-order valence-corrected chi connectivity index (χ0v) is 8.33. The molecule has 0 spiro atoms. The molecule has 1 saturated heterocycles. The molecule has 11 heavy (non-hydrogen) atoms. The maximum absolute atomic E-state index is 10.9. The molecule has 0 aliphatic carbocycles. The minimum Gasteiger partial charge on any atom is -0.456 e. The van der Waals surface area contributed by atoms with Gasteiger partial charge in [-0.15, -0.1) is 0 Å². The second-order valence-corrected chi connectivity index (χ2v) is 2.94. The van der Waals surface area contributed by atoms with E-state index in [-0.39, 0.29) is 12.1 Å². The summed E-state index contributed by atoms with van der Waals surface area (Å²) in [6.45, 7) is 0.486. The fourth-order valence-electron chi connectivity index (χ4n) is 0.965. The van der Waals surface area contributed by atoms with Crippen molar-refractivity contribution >= 4 is 28.6 Å². The third-order valence-corrected chi connectivity index (χ3v) is 2.22. The van der Waals surface area contributed by atoms with Crippen LogP contribution in [0.2, 0.25) is 0 Å². The van der Waals surface area contributed by atoms with Crippen LogP contribution in [0.4, 0.5) is 0 Å². The molecule has 1 fully saturated rings. The van der Waals surface area contributed by atoms with Gasteiger partial charge in [-0.3, -0.25) is 0 Å². The molecule has 62 valence electrons. The number of halogens is 1. The highest BCUT2D eigenvalue weighted by molar-refractivity contribution is 14.1. The molecule has 1 atom stereocenters. The van der Waals surface area contributed by atoms with E-state index in [2.05, 4.69) is 0 Å². The molecule has 1 rings (SSSR count). The summed E-state index contributed by atoms with van der Waals surface area (Å²) in [5, 5.41) is 0. The fraction of sp³-hybridized carbons (Fsp3) is 0.571. The summed E-state index contributed by atoms with van der Waals surface area (Å²) in [6.07, 6.45) is 0.601. The van der Waals surface area contributed by atoms with Crippen LogP contribution in [0.3, 0.4) is 0 Å². The van der Waals surface area contributed by atoms with Crippen molar-refractivity contribution in [2.75, 3.05) is 13.7 Å². The molecule has 0 N–H and O–H groups in total. The highest BCUT2D eigenvalue weighted by Crippen LogP contribution is 2.21. The molecule has 0 radical (unpaired) electrons. The number of carbonyl (C=O) groups is 1. The number of ether oxygens (including phenoxy) is 2. The van der Waals surface area contributed by atoms with Crippen molar-refractivity contribution < 1.29 is 14.3 Å². The standard InChI is InChI=1S/C7H9IO3/c1-10-4-6-2-5(3-8)7(9)11-6/h3,6H,2,4H2,1H3/b5-3-. The molecule has 0 aromatic heterocycles. The van der Waals surface area contributed by atoms with E-state index in [1.165, 1.54) is 0 Å². The van der Waals surface area contributed by atoms with Crippen LogP contribution in [0.5, 0.6) is 0 Å². The van der Waals surface area contributed by atoms with E-state index in [1.807, 2.05) is 22.6 Å². The minimum atomic E-state index is -0.207. The van der Waals surface area contributed by atoms with Gasteiger partial charge in [-0.1, -0.05) is 22.6 Å². The zero-order chi connectivity index (χ0) is 8.27. The quantitative estimate of drug-likeness (QED) is 0.430. The molecular formula is C7H9IO3. The van der Waals surface area contributed by atoms with E-state index < -0.39 is 0 Å². The highest BCUT2D eigenvalue weighted by atomic mass is 127. The lowest BCUT2D eigenvalue weighted by Crippen LogP contribution is -2.13. The summed E-state index contributed by atoms with van der Waals surface area (Å²) in [5.41, 5.74) is 0.743. The van der Waals surface area contributed by atoms with E-state index in [1.54, 1.807) is 11.2 Å². The Kier molecular flexibility index (Phi) is 3.32. The summed E-state index contributed by atoms with van der Waals surface area (Å²) in [5.74, 6) is -0.207. The number of hydrogen-bond donors (Lipinski definition) is 0. The lowest BCUT2D eigenvalue weighted by Gasteiger charge is -2.04. The molecule has 1 aliphatic heterocycles. The second kappa shape index (κ2) is 4.06. The van der Waals surface area contributed by atoms with Crippen molar-refractivity contribution in [3.8, 4) is 0 Å². The minimum absolute atomic E-state index is 0.0754. The molecule has 0 aromatic carbocycles. The molecular weight excluding hydrogens is 259 g/mol. The number of esters is 1. The Hall–Kier alpha value is -0.100. The average Bonchev–Trinajstić information content (AvgIpc) is 2.32. The predicted octanol–water partition coefficient (Wildman–Crippen LogP) is 1.27. The lowest BCUT2D eigenvalue weighted by atomic mass is 10.2. The largest absolute Gasteiger partial charge is 0.456 e. The maximum Gasteiger partial charge on any atom is 0.334 e. The number of cyclic esters (lactones) is 1. The number of rotatable bonds is 2. The molecule has 3 nitrogen and oxygen atoms in total. The normalized spacial score (nSPS) is 27.6. The first-order valence-electron chi connectivity index (χ1n) is 3.27. The molecule has 0 aromatic rings. The van der Waals surface area contributed by atoms with Crippen molar-refractivity contribution in [1.29, 1.82) is 0 Å². The van der Waals surface area contributed by atoms with Crippen molar-refractivity contribution in [3.05, 3.63) is 9.66 Å². The van der Waals surface area contributed by atoms with E-state index in [9.17, 15) is 4.79 Å². The molecule has 1 unspecified atom stereocenters. The number of hydrogen-bond acceptors (Lipinski definition) is 3. The van der Waals surface area contributed by atoms with E-state index in [0.717, 1.165) is 5.57 Å². The first-order chi connectivity index (χ1) is 5.27. The smallest absolute Gasteiger partial charge is 0.334 e. The fourth-order valence-corrected chi connectivity index (χ4v) is 1.47. The van der Waals surface area contributed by atoms with Gasteiger partial charge in [-0.2, -0.15) is 0 Å². The van der Waals surface area contributed by atoms with E-state index in [4.69, 9.17) is 9.47 Å². The van der Waals surface area contributed by atoms with Crippen molar-refractivity contribution in [3.63, 3.8) is 0 Å². The topological polar surface area (TPSA) is 35.5 Å². The van der Waals surface area contributed by atoms with Crippen molar-refractivity contribution in [1.82, 2.24) is 0 Å². The third kappa shape index (κ3) is 2.16.